The minimum atomic E-state index is -0.422. The van der Waals surface area contributed by atoms with Crippen molar-refractivity contribution >= 4 is 32.5 Å². The Hall–Kier alpha value is -2.14. The molecule has 3 nitrogen and oxygen atoms in total. The van der Waals surface area contributed by atoms with Gasteiger partial charge in [0.1, 0.15) is 11.6 Å². The summed E-state index contributed by atoms with van der Waals surface area (Å²) in [5.41, 5.74) is 6.85. The second-order valence-electron chi connectivity index (χ2n) is 4.23. The summed E-state index contributed by atoms with van der Waals surface area (Å²) < 4.78 is 19.5. The highest BCUT2D eigenvalue weighted by Gasteiger charge is 2.10. The van der Waals surface area contributed by atoms with Crippen LogP contribution in [0.25, 0.3) is 10.9 Å². The van der Waals surface area contributed by atoms with Gasteiger partial charge in [-0.2, -0.15) is 0 Å². The zero-order chi connectivity index (χ0) is 14.1. The number of aromatic nitrogens is 1. The molecule has 20 heavy (non-hydrogen) atoms. The Morgan fingerprint density at radius 3 is 2.80 bits per heavy atom. The van der Waals surface area contributed by atoms with E-state index in [4.69, 9.17) is 10.5 Å². The Balaban J connectivity index is 2.08. The van der Waals surface area contributed by atoms with Crippen molar-refractivity contribution in [3.05, 3.63) is 59.0 Å². The zero-order valence-electron chi connectivity index (χ0n) is 10.3. The summed E-state index contributed by atoms with van der Waals surface area (Å²) in [7, 11) is 0. The number of ether oxygens (including phenoxy) is 1. The fraction of sp³-hybridized carbons (Fsp3) is 0. The third kappa shape index (κ3) is 2.32. The zero-order valence-corrected chi connectivity index (χ0v) is 11.9. The van der Waals surface area contributed by atoms with Crippen molar-refractivity contribution in [1.29, 1.82) is 0 Å². The molecule has 2 N–H and O–H groups in total. The van der Waals surface area contributed by atoms with E-state index in [0.29, 0.717) is 16.0 Å². The third-order valence-corrected chi connectivity index (χ3v) is 3.49. The molecule has 0 fully saturated rings. The number of fused-ring (bicyclic) bond motifs is 1. The average Bonchev–Trinajstić information content (AvgIpc) is 2.45. The van der Waals surface area contributed by atoms with Crippen LogP contribution in [-0.4, -0.2) is 4.98 Å². The first-order valence-electron chi connectivity index (χ1n) is 5.91. The van der Waals surface area contributed by atoms with Gasteiger partial charge in [0.15, 0.2) is 5.75 Å². The van der Waals surface area contributed by atoms with E-state index >= 15 is 0 Å². The van der Waals surface area contributed by atoms with Crippen LogP contribution < -0.4 is 10.5 Å². The smallest absolute Gasteiger partial charge is 0.151 e. The van der Waals surface area contributed by atoms with E-state index < -0.39 is 5.82 Å². The SMILES string of the molecule is Nc1cc(F)c(Br)cc1Oc1cccc2ncccc12. The van der Waals surface area contributed by atoms with Crippen molar-refractivity contribution in [3.8, 4) is 11.5 Å². The fourth-order valence-corrected chi connectivity index (χ4v) is 2.24. The molecule has 0 aliphatic rings. The number of nitrogens with zero attached hydrogens (tertiary/aromatic N) is 1. The van der Waals surface area contributed by atoms with Crippen LogP contribution in [0, 0.1) is 5.82 Å². The van der Waals surface area contributed by atoms with Gasteiger partial charge in [-0.15, -0.1) is 0 Å². The molecule has 100 valence electrons. The minimum absolute atomic E-state index is 0.242. The van der Waals surface area contributed by atoms with Crippen LogP contribution in [0.4, 0.5) is 10.1 Å². The van der Waals surface area contributed by atoms with Gasteiger partial charge in [-0.3, -0.25) is 4.98 Å². The third-order valence-electron chi connectivity index (χ3n) is 2.88. The highest BCUT2D eigenvalue weighted by Crippen LogP contribution is 2.34. The number of halogens is 2. The molecule has 0 amide bonds. The number of hydrogen-bond acceptors (Lipinski definition) is 3. The van der Waals surface area contributed by atoms with Crippen LogP contribution >= 0.6 is 15.9 Å². The van der Waals surface area contributed by atoms with Gasteiger partial charge < -0.3 is 10.5 Å². The highest BCUT2D eigenvalue weighted by molar-refractivity contribution is 9.10. The number of nitrogen functional groups attached to an aromatic ring is 1. The topological polar surface area (TPSA) is 48.1 Å². The lowest BCUT2D eigenvalue weighted by Crippen LogP contribution is -1.94. The van der Waals surface area contributed by atoms with Gasteiger partial charge in [0.2, 0.25) is 0 Å². The standard InChI is InChI=1S/C15H10BrFN2O/c16-10-7-15(12(18)8-11(10)17)20-14-5-1-4-13-9(14)3-2-6-19-13/h1-8H,18H2. The van der Waals surface area contributed by atoms with Gasteiger partial charge >= 0.3 is 0 Å². The molecule has 2 aromatic carbocycles. The molecule has 5 heteroatoms. The maximum atomic E-state index is 13.4. The second kappa shape index (κ2) is 5.09. The highest BCUT2D eigenvalue weighted by atomic mass is 79.9. The van der Waals surface area contributed by atoms with Crippen LogP contribution in [0.5, 0.6) is 11.5 Å². The van der Waals surface area contributed by atoms with E-state index in [1.165, 1.54) is 12.1 Å². The first kappa shape index (κ1) is 12.9. The molecule has 3 rings (SSSR count). The van der Waals surface area contributed by atoms with Crippen molar-refractivity contribution in [2.45, 2.75) is 0 Å². The first-order chi connectivity index (χ1) is 9.65. The summed E-state index contributed by atoms with van der Waals surface area (Å²) in [4.78, 5) is 4.26. The van der Waals surface area contributed by atoms with Crippen LogP contribution in [-0.2, 0) is 0 Å². The summed E-state index contributed by atoms with van der Waals surface area (Å²) in [5, 5.41) is 0.870. The molecule has 3 aromatic rings. The lowest BCUT2D eigenvalue weighted by molar-refractivity contribution is 0.488. The van der Waals surface area contributed by atoms with Gasteiger partial charge in [0.05, 0.1) is 15.7 Å². The lowest BCUT2D eigenvalue weighted by atomic mass is 10.2. The van der Waals surface area contributed by atoms with Gasteiger partial charge in [0, 0.05) is 23.7 Å². The first-order valence-corrected chi connectivity index (χ1v) is 6.70. The number of nitrogens with two attached hydrogens (primary N) is 1. The molecule has 0 spiro atoms. The predicted octanol–water partition coefficient (Wildman–Crippen LogP) is 4.51. The van der Waals surface area contributed by atoms with Crippen LogP contribution in [0.3, 0.4) is 0 Å². The summed E-state index contributed by atoms with van der Waals surface area (Å²) >= 11 is 3.12. The van der Waals surface area contributed by atoms with Crippen molar-refractivity contribution < 1.29 is 9.13 Å². The largest absolute Gasteiger partial charge is 0.454 e. The van der Waals surface area contributed by atoms with Crippen molar-refractivity contribution in [3.63, 3.8) is 0 Å². The average molecular weight is 333 g/mol. The predicted molar refractivity (Wildman–Crippen MR) is 80.3 cm³/mol. The van der Waals surface area contributed by atoms with E-state index in [1.54, 1.807) is 6.20 Å². The number of benzene rings is 2. The maximum absolute atomic E-state index is 13.4. The summed E-state index contributed by atoms with van der Waals surface area (Å²) in [6.45, 7) is 0. The Bertz CT molecular complexity index is 787. The van der Waals surface area contributed by atoms with Crippen molar-refractivity contribution in [2.75, 3.05) is 5.73 Å². The fourth-order valence-electron chi connectivity index (χ4n) is 1.91. The molecule has 0 bridgehead atoms. The van der Waals surface area contributed by atoms with Crippen LogP contribution in [0.2, 0.25) is 0 Å². The minimum Gasteiger partial charge on any atom is -0.454 e. The van der Waals surface area contributed by atoms with Gasteiger partial charge in [-0.05, 0) is 40.2 Å². The molecule has 0 aliphatic carbocycles. The van der Waals surface area contributed by atoms with E-state index in [0.717, 1.165) is 10.9 Å². The normalized spacial score (nSPS) is 10.7. The monoisotopic (exact) mass is 332 g/mol. The molecule has 0 saturated carbocycles. The number of pyridine rings is 1. The molecule has 1 aromatic heterocycles. The van der Waals surface area contributed by atoms with Crippen molar-refractivity contribution in [2.24, 2.45) is 0 Å². The van der Waals surface area contributed by atoms with E-state index in [-0.39, 0.29) is 5.69 Å². The molecular formula is C15H10BrFN2O. The number of rotatable bonds is 2. The molecule has 1 heterocycles. The molecule has 0 saturated heterocycles. The quantitative estimate of drug-likeness (QED) is 0.702. The second-order valence-corrected chi connectivity index (χ2v) is 5.09. The molecule has 0 atom stereocenters. The van der Waals surface area contributed by atoms with E-state index in [2.05, 4.69) is 20.9 Å². The van der Waals surface area contributed by atoms with E-state index in [9.17, 15) is 4.39 Å². The summed E-state index contributed by atoms with van der Waals surface area (Å²) in [6, 6.07) is 12.0. The van der Waals surface area contributed by atoms with Gasteiger partial charge in [-0.25, -0.2) is 4.39 Å². The van der Waals surface area contributed by atoms with Crippen LogP contribution in [0.15, 0.2) is 53.1 Å². The van der Waals surface area contributed by atoms with Crippen LogP contribution in [0.1, 0.15) is 0 Å². The molecule has 0 aliphatic heterocycles. The Morgan fingerprint density at radius 1 is 1.10 bits per heavy atom. The Morgan fingerprint density at radius 2 is 1.95 bits per heavy atom. The molecule has 0 radical (unpaired) electrons. The summed E-state index contributed by atoms with van der Waals surface area (Å²) in [5.74, 6) is 0.602. The maximum Gasteiger partial charge on any atom is 0.151 e. The number of anilines is 1. The Kier molecular flexibility index (Phi) is 3.28. The van der Waals surface area contributed by atoms with Gasteiger partial charge in [-0.1, -0.05) is 6.07 Å². The van der Waals surface area contributed by atoms with E-state index in [1.807, 2.05) is 30.3 Å². The Labute approximate surface area is 123 Å². The van der Waals surface area contributed by atoms with Gasteiger partial charge in [0.25, 0.3) is 0 Å². The molecular weight excluding hydrogens is 323 g/mol. The summed E-state index contributed by atoms with van der Waals surface area (Å²) in [6.07, 6.45) is 1.72. The lowest BCUT2D eigenvalue weighted by Gasteiger charge is -2.11. The number of hydrogen-bond donors (Lipinski definition) is 1. The molecule has 0 unspecified atom stereocenters. The van der Waals surface area contributed by atoms with Crippen molar-refractivity contribution in [1.82, 2.24) is 4.98 Å².